The number of allylic oxidation sites excluding steroid dienone is 5. The molecule has 0 atom stereocenters. The quantitative estimate of drug-likeness (QED) is 0.108. The average molecular weight is 627 g/mol. The third-order valence-electron chi connectivity index (χ3n) is 9.79. The normalized spacial score (nSPS) is 19.8. The van der Waals surface area contributed by atoms with Gasteiger partial charge >= 0.3 is 0 Å². The van der Waals surface area contributed by atoms with Gasteiger partial charge in [-0.3, -0.25) is 14.9 Å². The molecule has 0 saturated carbocycles. The Morgan fingerprint density at radius 1 is 0.913 bits per heavy atom. The number of hydrogen-bond donors (Lipinski definition) is 0. The van der Waals surface area contributed by atoms with E-state index in [1.807, 2.05) is 24.3 Å². The highest BCUT2D eigenvalue weighted by Crippen LogP contribution is 2.51. The first kappa shape index (κ1) is 33.2. The predicted octanol–water partition coefficient (Wildman–Crippen LogP) is 8.16. The minimum absolute atomic E-state index is 0.0634. The molecule has 0 saturated heterocycles. The summed E-state index contributed by atoms with van der Waals surface area (Å²) >= 11 is 0. The van der Waals surface area contributed by atoms with Gasteiger partial charge in [-0.25, -0.2) is 0 Å². The number of fused-ring (bicyclic) bond motifs is 2. The molecule has 0 bridgehead atoms. The molecule has 0 aromatic heterocycles. The number of nitrogens with zero attached hydrogens (tertiary/aromatic N) is 3. The highest BCUT2D eigenvalue weighted by atomic mass is 16.6. The Labute approximate surface area is 273 Å². The molecule has 0 N–H and O–H groups in total. The van der Waals surface area contributed by atoms with Gasteiger partial charge in [0.05, 0.1) is 35.7 Å². The van der Waals surface area contributed by atoms with Crippen molar-refractivity contribution in [3.05, 3.63) is 92.4 Å². The summed E-state index contributed by atoms with van der Waals surface area (Å²) in [6.07, 6.45) is 5.91. The van der Waals surface area contributed by atoms with E-state index in [-0.39, 0.29) is 21.8 Å². The fourth-order valence-electron chi connectivity index (χ4n) is 6.92. The molecule has 2 aliphatic heterocycles. The summed E-state index contributed by atoms with van der Waals surface area (Å²) in [4.78, 5) is 27.6. The van der Waals surface area contributed by atoms with Crippen molar-refractivity contribution in [3.63, 3.8) is 0 Å². The minimum atomic E-state index is -0.555. The van der Waals surface area contributed by atoms with Crippen molar-refractivity contribution in [2.75, 3.05) is 32.2 Å². The van der Waals surface area contributed by atoms with Crippen LogP contribution in [-0.4, -0.2) is 48.3 Å². The van der Waals surface area contributed by atoms with Crippen LogP contribution < -0.4 is 9.64 Å². The van der Waals surface area contributed by atoms with Gasteiger partial charge < -0.3 is 14.4 Å². The van der Waals surface area contributed by atoms with Gasteiger partial charge in [-0.2, -0.15) is 4.58 Å². The van der Waals surface area contributed by atoms with E-state index in [9.17, 15) is 14.9 Å². The van der Waals surface area contributed by atoms with Crippen molar-refractivity contribution in [1.82, 2.24) is 0 Å². The molecule has 46 heavy (non-hydrogen) atoms. The molecule has 0 unspecified atom stereocenters. The molecule has 8 heteroatoms. The van der Waals surface area contributed by atoms with Crippen molar-refractivity contribution < 1.29 is 23.8 Å². The zero-order valence-corrected chi connectivity index (χ0v) is 29.0. The smallest absolute Gasteiger partial charge is 0.269 e. The fourth-order valence-corrected chi connectivity index (χ4v) is 6.92. The Morgan fingerprint density at radius 3 is 2.22 bits per heavy atom. The van der Waals surface area contributed by atoms with Gasteiger partial charge in [-0.05, 0) is 61.9 Å². The number of rotatable bonds is 11. The molecule has 8 nitrogen and oxygen atoms in total. The largest absolute Gasteiger partial charge is 0.497 e. The molecule has 2 aromatic carbocycles. The predicted molar refractivity (Wildman–Crippen MR) is 183 cm³/mol. The van der Waals surface area contributed by atoms with Crippen LogP contribution in [0.5, 0.6) is 5.75 Å². The first-order chi connectivity index (χ1) is 21.6. The number of carbonyl (C=O) groups excluding carboxylic acids is 1. The van der Waals surface area contributed by atoms with Crippen molar-refractivity contribution in [1.29, 1.82) is 0 Å². The number of Topliss-reactive ketones (excluding diaryl/α,β-unsaturated/α-hetero) is 1. The highest BCUT2D eigenvalue weighted by Gasteiger charge is 2.48. The number of hydrogen-bond acceptors (Lipinski definition) is 6. The molecule has 0 fully saturated rings. The van der Waals surface area contributed by atoms with E-state index in [1.54, 1.807) is 26.4 Å². The second-order valence-electron chi connectivity index (χ2n) is 14.5. The van der Waals surface area contributed by atoms with E-state index in [2.05, 4.69) is 77.0 Å². The van der Waals surface area contributed by atoms with Crippen LogP contribution in [0.1, 0.15) is 79.4 Å². The summed E-state index contributed by atoms with van der Waals surface area (Å²) in [6.45, 7) is 18.9. The van der Waals surface area contributed by atoms with E-state index in [0.717, 1.165) is 60.0 Å². The van der Waals surface area contributed by atoms with Gasteiger partial charge in [0.25, 0.3) is 5.69 Å². The highest BCUT2D eigenvalue weighted by molar-refractivity contribution is 6.24. The molecule has 2 aromatic rings. The lowest BCUT2D eigenvalue weighted by molar-refractivity contribution is -0.439. The number of ether oxygens (including phenoxy) is 2. The SMILES string of the molecule is COC1=C(/C=C2\N(CCC(C)C)c3ccc([N+](=O)[O-])cc3C2(C)C)C(=O)/C1=C/C1=[N+](CCC(C)C)c2ccc(OC)cc2C1(C)C. The fraction of sp³-hybridized carbons (Fsp3) is 0.474. The Hall–Kier alpha value is -4.20. The summed E-state index contributed by atoms with van der Waals surface area (Å²) < 4.78 is 13.8. The van der Waals surface area contributed by atoms with Gasteiger partial charge in [0.1, 0.15) is 18.1 Å². The first-order valence-corrected chi connectivity index (χ1v) is 16.3. The van der Waals surface area contributed by atoms with Crippen molar-refractivity contribution in [3.8, 4) is 5.75 Å². The van der Waals surface area contributed by atoms with Crippen LogP contribution >= 0.6 is 0 Å². The van der Waals surface area contributed by atoms with Crippen molar-refractivity contribution in [2.24, 2.45) is 11.8 Å². The van der Waals surface area contributed by atoms with Crippen molar-refractivity contribution in [2.45, 2.75) is 79.1 Å². The maximum absolute atomic E-state index is 14.1. The second kappa shape index (κ2) is 12.2. The Balaban J connectivity index is 1.62. The van der Waals surface area contributed by atoms with Gasteiger partial charge in [0, 0.05) is 59.6 Å². The molecule has 244 valence electrons. The lowest BCUT2D eigenvalue weighted by atomic mass is 9.77. The number of non-ortho nitro benzene ring substituents is 1. The molecular weight excluding hydrogens is 578 g/mol. The van der Waals surface area contributed by atoms with Crippen LogP contribution in [-0.2, 0) is 20.4 Å². The number of carbonyl (C=O) groups is 1. The summed E-state index contributed by atoms with van der Waals surface area (Å²) in [6, 6.07) is 11.3. The standard InChI is InChI=1S/C38H48N3O5/c1-23(2)15-17-39-31-13-11-25(41(43)44)19-29(31)37(5,6)33(39)21-27-35(42)28(36(27)46-10)22-34-38(7,8)30-20-26(45-9)12-14-32(30)40(34)18-16-24(3)4/h11-14,19-24H,15-18H2,1-10H3/q+1. The number of nitro groups is 1. The minimum Gasteiger partial charge on any atom is -0.497 e. The monoisotopic (exact) mass is 626 g/mol. The van der Waals surface area contributed by atoms with E-state index in [4.69, 9.17) is 9.47 Å². The first-order valence-electron chi connectivity index (χ1n) is 16.3. The van der Waals surface area contributed by atoms with Gasteiger partial charge in [-0.15, -0.1) is 0 Å². The lowest BCUT2D eigenvalue weighted by Crippen LogP contribution is -2.33. The molecule has 0 radical (unpaired) electrons. The summed E-state index contributed by atoms with van der Waals surface area (Å²) in [5.41, 5.74) is 6.36. The number of nitro benzene ring substituents is 1. The van der Waals surface area contributed by atoms with Crippen LogP contribution in [0.25, 0.3) is 0 Å². The molecule has 1 aliphatic carbocycles. The summed E-state index contributed by atoms with van der Waals surface area (Å²) in [5, 5.41) is 11.7. The number of anilines is 1. The van der Waals surface area contributed by atoms with E-state index in [0.29, 0.717) is 28.7 Å². The van der Waals surface area contributed by atoms with Crippen LogP contribution in [0.4, 0.5) is 17.1 Å². The van der Waals surface area contributed by atoms with Crippen molar-refractivity contribution >= 4 is 28.6 Å². The maximum atomic E-state index is 14.1. The second-order valence-corrected chi connectivity index (χ2v) is 14.5. The number of methoxy groups -OCH3 is 2. The van der Waals surface area contributed by atoms with Gasteiger partial charge in [0.2, 0.25) is 11.5 Å². The van der Waals surface area contributed by atoms with Crippen LogP contribution in [0, 0.1) is 22.0 Å². The number of ketones is 1. The lowest BCUT2D eigenvalue weighted by Gasteiger charge is -2.30. The van der Waals surface area contributed by atoms with E-state index < -0.39 is 5.41 Å². The molecule has 0 amide bonds. The summed E-state index contributed by atoms with van der Waals surface area (Å²) in [7, 11) is 3.30. The van der Waals surface area contributed by atoms with E-state index >= 15 is 0 Å². The third kappa shape index (κ3) is 5.56. The summed E-state index contributed by atoms with van der Waals surface area (Å²) in [5.74, 6) is 2.31. The Bertz CT molecular complexity index is 1720. The van der Waals surface area contributed by atoms with E-state index in [1.165, 1.54) is 5.56 Å². The molecule has 5 rings (SSSR count). The zero-order valence-electron chi connectivity index (χ0n) is 29.0. The zero-order chi connectivity index (χ0) is 33.7. The molecule has 3 aliphatic rings. The third-order valence-corrected chi connectivity index (χ3v) is 9.79. The number of benzene rings is 2. The van der Waals surface area contributed by atoms with Crippen LogP contribution in [0.2, 0.25) is 0 Å². The van der Waals surface area contributed by atoms with Gasteiger partial charge in [-0.1, -0.05) is 41.5 Å². The molecule has 2 heterocycles. The topological polar surface area (TPSA) is 84.9 Å². The Kier molecular flexibility index (Phi) is 8.79. The molecular formula is C38H48N3O5+. The maximum Gasteiger partial charge on any atom is 0.269 e. The average Bonchev–Trinajstić information content (AvgIpc) is 3.34. The van der Waals surface area contributed by atoms with Crippen LogP contribution in [0.15, 0.2) is 71.2 Å². The molecule has 0 spiro atoms. The van der Waals surface area contributed by atoms with Gasteiger partial charge in [0.15, 0.2) is 5.71 Å². The van der Waals surface area contributed by atoms with Crippen LogP contribution in [0.3, 0.4) is 0 Å². The Morgan fingerprint density at radius 2 is 1.61 bits per heavy atom.